The molecule has 1 atom stereocenters. The van der Waals surface area contributed by atoms with Crippen molar-refractivity contribution in [1.82, 2.24) is 0 Å². The molecule has 0 aliphatic heterocycles. The van der Waals surface area contributed by atoms with Crippen LogP contribution in [0.15, 0.2) is 91.0 Å². The van der Waals surface area contributed by atoms with Crippen molar-refractivity contribution in [3.05, 3.63) is 91.0 Å². The monoisotopic (exact) mass is 412 g/mol. The first-order valence-corrected chi connectivity index (χ1v) is 12.7. The maximum absolute atomic E-state index is 12.7. The van der Waals surface area contributed by atoms with Gasteiger partial charge in [0, 0.05) is 0 Å². The van der Waals surface area contributed by atoms with Gasteiger partial charge in [0.05, 0.1) is 0 Å². The number of carbonyl (C=O) groups is 1. The van der Waals surface area contributed by atoms with Crippen LogP contribution in [0.1, 0.15) is 13.8 Å². The number of Topliss-reactive ketones (excluding diaryl/α,β-unsaturated/α-hetero) is 1. The quantitative estimate of drug-likeness (QED) is 0.549. The Balaban J connectivity index is 2.52. The normalized spacial score (nSPS) is 14.3. The van der Waals surface area contributed by atoms with Gasteiger partial charge in [-0.25, -0.2) is 0 Å². The number of benzene rings is 3. The Morgan fingerprint density at radius 2 is 1.00 bits per heavy atom. The Labute approximate surface area is 157 Å². The molecule has 1 nitrogen and oxygen atoms in total. The van der Waals surface area contributed by atoms with Gasteiger partial charge in [0.1, 0.15) is 0 Å². The third-order valence-corrected chi connectivity index (χ3v) is 16.4. The number of carbonyl (C=O) groups excluding carboxylic acids is 1. The van der Waals surface area contributed by atoms with E-state index < -0.39 is 5.31 Å². The summed E-state index contributed by atoms with van der Waals surface area (Å²) in [4.78, 5) is 12.7. The minimum absolute atomic E-state index is 0.182. The predicted molar refractivity (Wildman–Crippen MR) is 114 cm³/mol. The van der Waals surface area contributed by atoms with Crippen molar-refractivity contribution in [3.63, 3.8) is 0 Å². The SMILES string of the molecule is CC(=O)C(C)P(Br)(c1ccccc1)(c1ccccc1)c1ccccc1. The van der Waals surface area contributed by atoms with E-state index in [1.54, 1.807) is 6.92 Å². The molecular formula is C22H22BrOP. The number of ketones is 1. The van der Waals surface area contributed by atoms with E-state index in [-0.39, 0.29) is 11.4 Å². The summed E-state index contributed by atoms with van der Waals surface area (Å²) in [6.45, 7) is 3.75. The summed E-state index contributed by atoms with van der Waals surface area (Å²) in [5, 5.41) is 0.382. The van der Waals surface area contributed by atoms with Gasteiger partial charge in [0.25, 0.3) is 0 Å². The molecule has 3 aromatic carbocycles. The van der Waals surface area contributed by atoms with Crippen molar-refractivity contribution in [2.45, 2.75) is 19.5 Å². The molecule has 0 aliphatic carbocycles. The first kappa shape index (κ1) is 18.0. The fraction of sp³-hybridized carbons (Fsp3) is 0.136. The van der Waals surface area contributed by atoms with Gasteiger partial charge in [-0.15, -0.1) is 0 Å². The van der Waals surface area contributed by atoms with E-state index in [2.05, 4.69) is 95.2 Å². The van der Waals surface area contributed by atoms with E-state index >= 15 is 0 Å². The van der Waals surface area contributed by atoms with Crippen LogP contribution in [0.25, 0.3) is 0 Å². The van der Waals surface area contributed by atoms with Crippen LogP contribution in [0.4, 0.5) is 0 Å². The summed E-state index contributed by atoms with van der Waals surface area (Å²) in [5.74, 6) is 0.186. The fourth-order valence-corrected chi connectivity index (χ4v) is 11.8. The molecule has 0 amide bonds. The summed E-state index contributed by atoms with van der Waals surface area (Å²) < 4.78 is 0. The van der Waals surface area contributed by atoms with Crippen LogP contribution in [0, 0.1) is 0 Å². The maximum atomic E-state index is 12.7. The number of hydrogen-bond donors (Lipinski definition) is 0. The first-order chi connectivity index (χ1) is 12.0. The van der Waals surface area contributed by atoms with Crippen LogP contribution in [0.3, 0.4) is 0 Å². The Bertz CT molecular complexity index is 763. The predicted octanol–water partition coefficient (Wildman–Crippen LogP) is 4.80. The van der Waals surface area contributed by atoms with Crippen LogP contribution < -0.4 is 15.9 Å². The summed E-state index contributed by atoms with van der Waals surface area (Å²) >= 11 is 4.29. The van der Waals surface area contributed by atoms with Gasteiger partial charge in [0.2, 0.25) is 0 Å². The third kappa shape index (κ3) is 2.69. The second-order valence-electron chi connectivity index (χ2n) is 6.37. The summed E-state index contributed by atoms with van der Waals surface area (Å²) in [6, 6.07) is 31.2. The third-order valence-electron chi connectivity index (χ3n) is 5.10. The molecule has 0 saturated heterocycles. The van der Waals surface area contributed by atoms with E-state index in [1.165, 1.54) is 15.9 Å². The average molecular weight is 413 g/mol. The van der Waals surface area contributed by atoms with Gasteiger partial charge in [0.15, 0.2) is 0 Å². The average Bonchev–Trinajstić information content (AvgIpc) is 2.69. The summed E-state index contributed by atoms with van der Waals surface area (Å²) in [6.07, 6.45) is 0. The van der Waals surface area contributed by atoms with E-state index in [9.17, 15) is 4.79 Å². The first-order valence-electron chi connectivity index (χ1n) is 8.40. The van der Waals surface area contributed by atoms with Crippen molar-refractivity contribution < 1.29 is 4.79 Å². The zero-order valence-corrected chi connectivity index (χ0v) is 17.0. The summed E-state index contributed by atoms with van der Waals surface area (Å²) in [7, 11) is 0. The van der Waals surface area contributed by atoms with Crippen LogP contribution in [-0.4, -0.2) is 11.4 Å². The van der Waals surface area contributed by atoms with Crippen molar-refractivity contribution in [3.8, 4) is 0 Å². The van der Waals surface area contributed by atoms with Crippen LogP contribution in [0.5, 0.6) is 0 Å². The van der Waals surface area contributed by atoms with E-state index in [4.69, 9.17) is 0 Å². The molecule has 0 spiro atoms. The van der Waals surface area contributed by atoms with Gasteiger partial charge in [-0.2, -0.15) is 0 Å². The zero-order valence-electron chi connectivity index (χ0n) is 14.5. The van der Waals surface area contributed by atoms with Gasteiger partial charge >= 0.3 is 158 Å². The molecule has 0 aliphatic rings. The van der Waals surface area contributed by atoms with Crippen molar-refractivity contribution in [2.24, 2.45) is 0 Å². The molecule has 25 heavy (non-hydrogen) atoms. The van der Waals surface area contributed by atoms with Crippen LogP contribution in [0.2, 0.25) is 0 Å². The molecule has 3 aromatic rings. The zero-order chi connectivity index (χ0) is 17.9. The Morgan fingerprint density at radius 3 is 1.24 bits per heavy atom. The van der Waals surface area contributed by atoms with Crippen molar-refractivity contribution >= 4 is 42.5 Å². The molecule has 0 saturated carbocycles. The molecule has 0 fully saturated rings. The molecule has 0 N–H and O–H groups in total. The Hall–Kier alpha value is -1.76. The second-order valence-corrected chi connectivity index (χ2v) is 15.3. The van der Waals surface area contributed by atoms with E-state index in [1.807, 2.05) is 18.2 Å². The van der Waals surface area contributed by atoms with Gasteiger partial charge < -0.3 is 0 Å². The molecule has 0 bridgehead atoms. The molecular weight excluding hydrogens is 391 g/mol. The minimum atomic E-state index is -3.14. The number of hydrogen-bond acceptors (Lipinski definition) is 1. The number of halogens is 1. The van der Waals surface area contributed by atoms with Gasteiger partial charge in [-0.3, -0.25) is 0 Å². The van der Waals surface area contributed by atoms with Gasteiger partial charge in [-0.1, -0.05) is 0 Å². The van der Waals surface area contributed by atoms with Crippen LogP contribution >= 0.6 is 20.8 Å². The standard InChI is InChI=1S/C22H22BrOP/c1-18(24)19(2)25(23,20-12-6-3-7-13-20,21-14-8-4-9-15-21)22-16-10-5-11-17-22/h3-17,19H,1-2H3. The molecule has 3 heteroatoms. The number of rotatable bonds is 5. The molecule has 0 heterocycles. The van der Waals surface area contributed by atoms with Crippen molar-refractivity contribution in [2.75, 3.05) is 0 Å². The fourth-order valence-electron chi connectivity index (χ4n) is 3.62. The molecule has 3 rings (SSSR count). The van der Waals surface area contributed by atoms with Gasteiger partial charge in [-0.05, 0) is 0 Å². The topological polar surface area (TPSA) is 17.1 Å². The van der Waals surface area contributed by atoms with E-state index in [0.29, 0.717) is 0 Å². The van der Waals surface area contributed by atoms with E-state index in [0.717, 1.165) is 0 Å². The summed E-state index contributed by atoms with van der Waals surface area (Å²) in [5.41, 5.74) is -0.182. The molecule has 0 radical (unpaired) electrons. The molecule has 1 unspecified atom stereocenters. The molecule has 128 valence electrons. The molecule has 0 aromatic heterocycles. The second kappa shape index (κ2) is 6.86. The Kier molecular flexibility index (Phi) is 4.95. The van der Waals surface area contributed by atoms with Crippen molar-refractivity contribution in [1.29, 1.82) is 0 Å². The Morgan fingerprint density at radius 1 is 0.720 bits per heavy atom. The van der Waals surface area contributed by atoms with Crippen LogP contribution in [-0.2, 0) is 4.79 Å².